The second-order valence-corrected chi connectivity index (χ2v) is 4.28. The Kier molecular flexibility index (Phi) is 4.30. The molecule has 19 heavy (non-hydrogen) atoms. The fourth-order valence-corrected chi connectivity index (χ4v) is 1.75. The standard InChI is InChI=1S/C11H12ClN5O2/c12-8-6-9(17(18)19)11(16-7-8)15-3-1-2-10-13-4-5-14-10/h4-7H,1-3H2,(H,13,14)(H,15,16). The summed E-state index contributed by atoms with van der Waals surface area (Å²) in [6.07, 6.45) is 6.38. The Labute approximate surface area is 114 Å². The molecule has 0 saturated heterocycles. The van der Waals surface area contributed by atoms with Gasteiger partial charge in [0.25, 0.3) is 0 Å². The average Bonchev–Trinajstić information content (AvgIpc) is 2.89. The highest BCUT2D eigenvalue weighted by atomic mass is 35.5. The van der Waals surface area contributed by atoms with Crippen molar-refractivity contribution < 1.29 is 4.92 Å². The number of pyridine rings is 1. The molecule has 0 fully saturated rings. The first-order chi connectivity index (χ1) is 9.16. The van der Waals surface area contributed by atoms with E-state index in [2.05, 4.69) is 20.3 Å². The summed E-state index contributed by atoms with van der Waals surface area (Å²) >= 11 is 5.68. The Bertz CT molecular complexity index is 558. The van der Waals surface area contributed by atoms with Crippen LogP contribution in [0.15, 0.2) is 24.7 Å². The lowest BCUT2D eigenvalue weighted by molar-refractivity contribution is -0.384. The van der Waals surface area contributed by atoms with E-state index in [1.165, 1.54) is 12.3 Å². The van der Waals surface area contributed by atoms with Gasteiger partial charge in [-0.15, -0.1) is 0 Å². The smallest absolute Gasteiger partial charge is 0.312 e. The Hall–Kier alpha value is -2.15. The zero-order valence-corrected chi connectivity index (χ0v) is 10.7. The van der Waals surface area contributed by atoms with Crippen LogP contribution in [0.5, 0.6) is 0 Å². The van der Waals surface area contributed by atoms with Gasteiger partial charge in [0.1, 0.15) is 5.82 Å². The minimum Gasteiger partial charge on any atom is -0.364 e. The molecule has 0 atom stereocenters. The first kappa shape index (κ1) is 13.3. The number of nitrogens with one attached hydrogen (secondary N) is 2. The summed E-state index contributed by atoms with van der Waals surface area (Å²) in [5.74, 6) is 1.12. The highest BCUT2D eigenvalue weighted by Gasteiger charge is 2.15. The molecule has 8 heteroatoms. The molecule has 0 spiro atoms. The molecule has 0 aromatic carbocycles. The molecule has 2 heterocycles. The average molecular weight is 282 g/mol. The molecule has 0 saturated carbocycles. The molecule has 7 nitrogen and oxygen atoms in total. The van der Waals surface area contributed by atoms with E-state index in [0.717, 1.165) is 18.7 Å². The van der Waals surface area contributed by atoms with E-state index < -0.39 is 4.92 Å². The van der Waals surface area contributed by atoms with Crippen LogP contribution in [0.4, 0.5) is 11.5 Å². The number of imidazole rings is 1. The highest BCUT2D eigenvalue weighted by Crippen LogP contribution is 2.24. The van der Waals surface area contributed by atoms with Crippen LogP contribution in [-0.2, 0) is 6.42 Å². The monoisotopic (exact) mass is 281 g/mol. The maximum Gasteiger partial charge on any atom is 0.312 e. The van der Waals surface area contributed by atoms with Crippen LogP contribution in [0, 0.1) is 10.1 Å². The number of halogens is 1. The predicted octanol–water partition coefficient (Wildman–Crippen LogP) is 2.41. The van der Waals surface area contributed by atoms with Crippen molar-refractivity contribution >= 4 is 23.1 Å². The van der Waals surface area contributed by atoms with Crippen LogP contribution >= 0.6 is 11.6 Å². The number of aryl methyl sites for hydroxylation is 1. The van der Waals surface area contributed by atoms with Gasteiger partial charge in [-0.2, -0.15) is 0 Å². The molecule has 0 aliphatic heterocycles. The third kappa shape index (κ3) is 3.65. The number of nitrogens with zero attached hydrogens (tertiary/aromatic N) is 3. The third-order valence-electron chi connectivity index (χ3n) is 2.47. The molecule has 2 aromatic heterocycles. The molecule has 0 unspecified atom stereocenters. The largest absolute Gasteiger partial charge is 0.364 e. The van der Waals surface area contributed by atoms with Gasteiger partial charge in [0.2, 0.25) is 5.82 Å². The van der Waals surface area contributed by atoms with Gasteiger partial charge in [-0.25, -0.2) is 9.97 Å². The Morgan fingerprint density at radius 3 is 3.00 bits per heavy atom. The van der Waals surface area contributed by atoms with Crippen molar-refractivity contribution in [1.29, 1.82) is 0 Å². The maximum atomic E-state index is 10.8. The van der Waals surface area contributed by atoms with E-state index in [4.69, 9.17) is 11.6 Å². The van der Waals surface area contributed by atoms with Gasteiger partial charge >= 0.3 is 5.69 Å². The van der Waals surface area contributed by atoms with Crippen LogP contribution in [0.1, 0.15) is 12.2 Å². The predicted molar refractivity (Wildman–Crippen MR) is 71.3 cm³/mol. The van der Waals surface area contributed by atoms with Gasteiger partial charge in [-0.05, 0) is 6.42 Å². The molecule has 2 N–H and O–H groups in total. The van der Waals surface area contributed by atoms with Crippen molar-refractivity contribution in [2.75, 3.05) is 11.9 Å². The molecule has 0 bridgehead atoms. The normalized spacial score (nSPS) is 10.4. The zero-order valence-electron chi connectivity index (χ0n) is 9.97. The molecule has 100 valence electrons. The number of anilines is 1. The van der Waals surface area contributed by atoms with Crippen molar-refractivity contribution in [3.05, 3.63) is 45.6 Å². The number of rotatable bonds is 6. The Balaban J connectivity index is 1.90. The second kappa shape index (κ2) is 6.14. The van der Waals surface area contributed by atoms with Gasteiger partial charge in [0.15, 0.2) is 0 Å². The molecular weight excluding hydrogens is 270 g/mol. The van der Waals surface area contributed by atoms with Crippen LogP contribution in [0.25, 0.3) is 0 Å². The van der Waals surface area contributed by atoms with Crippen LogP contribution in [0.3, 0.4) is 0 Å². The second-order valence-electron chi connectivity index (χ2n) is 3.84. The summed E-state index contributed by atoms with van der Waals surface area (Å²) in [6.45, 7) is 0.566. The Morgan fingerprint density at radius 2 is 2.32 bits per heavy atom. The van der Waals surface area contributed by atoms with Gasteiger partial charge < -0.3 is 10.3 Å². The van der Waals surface area contributed by atoms with E-state index >= 15 is 0 Å². The van der Waals surface area contributed by atoms with Crippen molar-refractivity contribution in [1.82, 2.24) is 15.0 Å². The number of hydrogen-bond donors (Lipinski definition) is 2. The molecule has 0 amide bonds. The molecular formula is C11H12ClN5O2. The van der Waals surface area contributed by atoms with E-state index in [1.54, 1.807) is 12.4 Å². The third-order valence-corrected chi connectivity index (χ3v) is 2.68. The van der Waals surface area contributed by atoms with Crippen molar-refractivity contribution in [3.8, 4) is 0 Å². The highest BCUT2D eigenvalue weighted by molar-refractivity contribution is 6.30. The number of hydrogen-bond acceptors (Lipinski definition) is 5. The first-order valence-electron chi connectivity index (χ1n) is 5.69. The van der Waals surface area contributed by atoms with Crippen LogP contribution < -0.4 is 5.32 Å². The summed E-state index contributed by atoms with van der Waals surface area (Å²) in [5.41, 5.74) is -0.120. The fraction of sp³-hybridized carbons (Fsp3) is 0.273. The first-order valence-corrected chi connectivity index (χ1v) is 6.06. The lowest BCUT2D eigenvalue weighted by Crippen LogP contribution is -2.07. The van der Waals surface area contributed by atoms with E-state index in [0.29, 0.717) is 6.54 Å². The van der Waals surface area contributed by atoms with Gasteiger partial charge in [0, 0.05) is 37.6 Å². The summed E-state index contributed by atoms with van der Waals surface area (Å²) in [6, 6.07) is 1.28. The summed E-state index contributed by atoms with van der Waals surface area (Å²) in [4.78, 5) is 21.4. The SMILES string of the molecule is O=[N+]([O-])c1cc(Cl)cnc1NCCCc1ncc[nH]1. The number of aromatic nitrogens is 3. The van der Waals surface area contributed by atoms with Crippen molar-refractivity contribution in [3.63, 3.8) is 0 Å². The molecule has 2 rings (SSSR count). The molecule has 0 radical (unpaired) electrons. The van der Waals surface area contributed by atoms with E-state index in [-0.39, 0.29) is 16.5 Å². The summed E-state index contributed by atoms with van der Waals surface area (Å²) < 4.78 is 0. The maximum absolute atomic E-state index is 10.8. The summed E-state index contributed by atoms with van der Waals surface area (Å²) in [7, 11) is 0. The number of aromatic amines is 1. The van der Waals surface area contributed by atoms with Gasteiger partial charge in [-0.3, -0.25) is 10.1 Å². The Morgan fingerprint density at radius 1 is 1.47 bits per heavy atom. The topological polar surface area (TPSA) is 96.7 Å². The van der Waals surface area contributed by atoms with E-state index in [1.807, 2.05) is 0 Å². The van der Waals surface area contributed by atoms with Crippen molar-refractivity contribution in [2.45, 2.75) is 12.8 Å². The zero-order chi connectivity index (χ0) is 13.7. The molecule has 0 aliphatic carbocycles. The van der Waals surface area contributed by atoms with Crippen LogP contribution in [-0.4, -0.2) is 26.4 Å². The minimum absolute atomic E-state index is 0.120. The number of H-pyrrole nitrogens is 1. The lowest BCUT2D eigenvalue weighted by Gasteiger charge is -2.05. The number of nitro groups is 1. The molecule has 2 aromatic rings. The van der Waals surface area contributed by atoms with Crippen molar-refractivity contribution in [2.24, 2.45) is 0 Å². The van der Waals surface area contributed by atoms with Crippen LogP contribution in [0.2, 0.25) is 5.02 Å². The molecule has 0 aliphatic rings. The quantitative estimate of drug-likeness (QED) is 0.481. The van der Waals surface area contributed by atoms with Gasteiger partial charge in [0.05, 0.1) is 9.95 Å². The minimum atomic E-state index is -0.506. The fourth-order valence-electron chi connectivity index (χ4n) is 1.60. The van der Waals surface area contributed by atoms with E-state index in [9.17, 15) is 10.1 Å². The lowest BCUT2D eigenvalue weighted by atomic mass is 10.3. The van der Waals surface area contributed by atoms with Gasteiger partial charge in [-0.1, -0.05) is 11.6 Å². The summed E-state index contributed by atoms with van der Waals surface area (Å²) in [5, 5.41) is 14.0.